The lowest BCUT2D eigenvalue weighted by atomic mass is 10.1. The first-order valence-corrected chi connectivity index (χ1v) is 11.3. The zero-order valence-corrected chi connectivity index (χ0v) is 19.1. The summed E-state index contributed by atoms with van der Waals surface area (Å²) < 4.78 is 3.57. The quantitative estimate of drug-likeness (QED) is 0.452. The highest BCUT2D eigenvalue weighted by Crippen LogP contribution is 2.24. The van der Waals surface area contributed by atoms with Gasteiger partial charge in [0.1, 0.15) is 11.4 Å². The SMILES string of the molecule is Cc1ccnc(-n2nnc3c2CCN(C(=O)N2CCc4c(nnn4-c4cc(C)ccn4)C2)C3)c1. The van der Waals surface area contributed by atoms with E-state index in [1.165, 1.54) is 0 Å². The molecule has 2 aliphatic rings. The number of aromatic nitrogens is 8. The highest BCUT2D eigenvalue weighted by Gasteiger charge is 2.32. The van der Waals surface area contributed by atoms with Crippen molar-refractivity contribution in [2.75, 3.05) is 13.1 Å². The molecule has 4 aromatic heterocycles. The molecule has 2 amide bonds. The van der Waals surface area contributed by atoms with E-state index in [9.17, 15) is 4.79 Å². The molecule has 0 fully saturated rings. The van der Waals surface area contributed by atoms with Gasteiger partial charge in [0.2, 0.25) is 0 Å². The zero-order valence-electron chi connectivity index (χ0n) is 19.1. The predicted molar refractivity (Wildman–Crippen MR) is 121 cm³/mol. The highest BCUT2D eigenvalue weighted by molar-refractivity contribution is 5.75. The van der Waals surface area contributed by atoms with Crippen molar-refractivity contribution in [3.63, 3.8) is 0 Å². The first-order chi connectivity index (χ1) is 16.6. The summed E-state index contributed by atoms with van der Waals surface area (Å²) in [6.07, 6.45) is 4.90. The fourth-order valence-corrected chi connectivity index (χ4v) is 4.58. The fourth-order valence-electron chi connectivity index (χ4n) is 4.58. The summed E-state index contributed by atoms with van der Waals surface area (Å²) in [7, 11) is 0. The fraction of sp³-hybridized carbons (Fsp3) is 0.348. The average Bonchev–Trinajstić information content (AvgIpc) is 3.47. The number of carbonyl (C=O) groups is 1. The van der Waals surface area contributed by atoms with Crippen LogP contribution >= 0.6 is 0 Å². The largest absolute Gasteiger partial charge is 0.320 e. The summed E-state index contributed by atoms with van der Waals surface area (Å²) in [6.45, 7) is 6.12. The minimum atomic E-state index is -0.0113. The summed E-state index contributed by atoms with van der Waals surface area (Å²) in [5.41, 5.74) is 5.88. The number of aryl methyl sites for hydroxylation is 2. The topological polar surface area (TPSA) is 111 Å². The standard InChI is InChI=1S/C23H24N10O/c1-15-3-7-24-21(11-15)32-19-5-9-30(13-17(19)26-28-32)23(34)31-10-6-20-18(14-31)27-29-33(20)22-12-16(2)4-8-25-22/h3-4,7-8,11-12H,5-6,9-10,13-14H2,1-2H3. The summed E-state index contributed by atoms with van der Waals surface area (Å²) in [5, 5.41) is 17.3. The van der Waals surface area contributed by atoms with E-state index in [1.807, 2.05) is 47.9 Å². The lowest BCUT2D eigenvalue weighted by Crippen LogP contribution is -2.47. The molecule has 172 valence electrons. The van der Waals surface area contributed by atoms with Crippen LogP contribution in [0.25, 0.3) is 11.6 Å². The van der Waals surface area contributed by atoms with Crippen LogP contribution in [0.5, 0.6) is 0 Å². The number of pyridine rings is 2. The van der Waals surface area contributed by atoms with Gasteiger partial charge < -0.3 is 9.80 Å². The Hall–Kier alpha value is -4.15. The van der Waals surface area contributed by atoms with Crippen molar-refractivity contribution in [3.8, 4) is 11.6 Å². The molecule has 0 aromatic carbocycles. The Kier molecular flexibility index (Phi) is 4.82. The molecule has 0 saturated carbocycles. The van der Waals surface area contributed by atoms with E-state index in [-0.39, 0.29) is 6.03 Å². The van der Waals surface area contributed by atoms with Crippen LogP contribution in [0.4, 0.5) is 4.79 Å². The second kappa shape index (κ2) is 8.01. The van der Waals surface area contributed by atoms with Gasteiger partial charge in [0.05, 0.1) is 24.5 Å². The molecule has 2 aliphatic heterocycles. The van der Waals surface area contributed by atoms with Crippen LogP contribution in [0.2, 0.25) is 0 Å². The maximum atomic E-state index is 13.3. The van der Waals surface area contributed by atoms with E-state index in [4.69, 9.17) is 0 Å². The van der Waals surface area contributed by atoms with Crippen molar-refractivity contribution in [1.82, 2.24) is 49.8 Å². The van der Waals surface area contributed by atoms with Crippen LogP contribution in [0, 0.1) is 13.8 Å². The van der Waals surface area contributed by atoms with Crippen LogP contribution < -0.4 is 0 Å². The molecule has 0 bridgehead atoms. The molecule has 0 unspecified atom stereocenters. The monoisotopic (exact) mass is 456 g/mol. The predicted octanol–water partition coefficient (Wildman–Crippen LogP) is 1.79. The van der Waals surface area contributed by atoms with Gasteiger partial charge in [-0.05, 0) is 49.2 Å². The second-order valence-corrected chi connectivity index (χ2v) is 8.80. The Morgan fingerprint density at radius 2 is 1.24 bits per heavy atom. The molecule has 0 radical (unpaired) electrons. The van der Waals surface area contributed by atoms with Gasteiger partial charge in [-0.15, -0.1) is 10.2 Å². The molecular weight excluding hydrogens is 432 g/mol. The first-order valence-electron chi connectivity index (χ1n) is 11.3. The molecule has 6 rings (SSSR count). The van der Waals surface area contributed by atoms with Crippen molar-refractivity contribution in [2.45, 2.75) is 39.8 Å². The Morgan fingerprint density at radius 1 is 0.765 bits per heavy atom. The first kappa shape index (κ1) is 20.5. The van der Waals surface area contributed by atoms with Crippen molar-refractivity contribution in [2.24, 2.45) is 0 Å². The Balaban J connectivity index is 1.18. The zero-order chi connectivity index (χ0) is 23.2. The number of urea groups is 1. The van der Waals surface area contributed by atoms with Crippen molar-refractivity contribution in [3.05, 3.63) is 70.6 Å². The average molecular weight is 457 g/mol. The van der Waals surface area contributed by atoms with Gasteiger partial charge in [-0.2, -0.15) is 9.36 Å². The maximum absolute atomic E-state index is 13.3. The van der Waals surface area contributed by atoms with Crippen LogP contribution in [0.15, 0.2) is 36.7 Å². The van der Waals surface area contributed by atoms with Crippen LogP contribution in [0.3, 0.4) is 0 Å². The number of rotatable bonds is 2. The number of carbonyl (C=O) groups excluding carboxylic acids is 1. The summed E-state index contributed by atoms with van der Waals surface area (Å²) in [6, 6.07) is 7.86. The van der Waals surface area contributed by atoms with Crippen molar-refractivity contribution < 1.29 is 4.79 Å². The van der Waals surface area contributed by atoms with Crippen LogP contribution in [-0.2, 0) is 25.9 Å². The van der Waals surface area contributed by atoms with Gasteiger partial charge in [0.25, 0.3) is 0 Å². The Labute approximate surface area is 196 Å². The van der Waals surface area contributed by atoms with E-state index in [0.717, 1.165) is 45.5 Å². The Morgan fingerprint density at radius 3 is 1.68 bits per heavy atom. The normalized spacial score (nSPS) is 15.2. The highest BCUT2D eigenvalue weighted by atomic mass is 16.2. The number of nitrogens with zero attached hydrogens (tertiary/aromatic N) is 10. The van der Waals surface area contributed by atoms with E-state index in [0.29, 0.717) is 39.0 Å². The summed E-state index contributed by atoms with van der Waals surface area (Å²) >= 11 is 0. The molecule has 34 heavy (non-hydrogen) atoms. The lowest BCUT2D eigenvalue weighted by Gasteiger charge is -2.34. The smallest absolute Gasteiger partial charge is 0.318 e. The molecule has 0 N–H and O–H groups in total. The third kappa shape index (κ3) is 3.49. The molecule has 6 heterocycles. The second-order valence-electron chi connectivity index (χ2n) is 8.80. The van der Waals surface area contributed by atoms with Gasteiger partial charge in [-0.25, -0.2) is 14.8 Å². The van der Waals surface area contributed by atoms with Crippen molar-refractivity contribution in [1.29, 1.82) is 0 Å². The molecule has 0 spiro atoms. The van der Waals surface area contributed by atoms with Crippen LogP contribution in [-0.4, -0.2) is 68.9 Å². The number of hydrogen-bond donors (Lipinski definition) is 0. The van der Waals surface area contributed by atoms with Gasteiger partial charge in [-0.1, -0.05) is 10.4 Å². The van der Waals surface area contributed by atoms with Gasteiger partial charge in [0.15, 0.2) is 11.6 Å². The van der Waals surface area contributed by atoms with E-state index in [1.54, 1.807) is 21.8 Å². The van der Waals surface area contributed by atoms with Crippen LogP contribution in [0.1, 0.15) is 33.9 Å². The molecular formula is C23H24N10O. The number of fused-ring (bicyclic) bond motifs is 2. The maximum Gasteiger partial charge on any atom is 0.320 e. The van der Waals surface area contributed by atoms with Crippen molar-refractivity contribution >= 4 is 6.03 Å². The molecule has 0 saturated heterocycles. The minimum absolute atomic E-state index is 0.0113. The third-order valence-electron chi connectivity index (χ3n) is 6.38. The lowest BCUT2D eigenvalue weighted by molar-refractivity contribution is 0.141. The number of hydrogen-bond acceptors (Lipinski definition) is 7. The molecule has 11 nitrogen and oxygen atoms in total. The van der Waals surface area contributed by atoms with E-state index >= 15 is 0 Å². The third-order valence-corrected chi connectivity index (χ3v) is 6.38. The van der Waals surface area contributed by atoms with Gasteiger partial charge in [0, 0.05) is 38.3 Å². The Bertz CT molecular complexity index is 1290. The number of amides is 2. The summed E-state index contributed by atoms with van der Waals surface area (Å²) in [4.78, 5) is 25.8. The summed E-state index contributed by atoms with van der Waals surface area (Å²) in [5.74, 6) is 1.51. The van der Waals surface area contributed by atoms with E-state index in [2.05, 4.69) is 30.6 Å². The molecule has 4 aromatic rings. The molecule has 11 heteroatoms. The molecule has 0 atom stereocenters. The molecule has 0 aliphatic carbocycles. The van der Waals surface area contributed by atoms with E-state index < -0.39 is 0 Å². The minimum Gasteiger partial charge on any atom is -0.318 e. The van der Waals surface area contributed by atoms with Gasteiger partial charge in [-0.3, -0.25) is 0 Å². The van der Waals surface area contributed by atoms with Gasteiger partial charge >= 0.3 is 6.03 Å².